The van der Waals surface area contributed by atoms with Gasteiger partial charge in [0.2, 0.25) is 11.8 Å². The molecule has 0 radical (unpaired) electrons. The predicted molar refractivity (Wildman–Crippen MR) is 134 cm³/mol. The molecule has 3 rings (SSSR count). The Morgan fingerprint density at radius 1 is 1.23 bits per heavy atom. The number of aromatic nitrogens is 2. The molecule has 0 unspecified atom stereocenters. The van der Waals surface area contributed by atoms with Gasteiger partial charge in [-0.15, -0.1) is 0 Å². The molecule has 1 aliphatic heterocycles. The molecule has 8 heteroatoms. The molecular formula is C27H39FN4O3. The molecule has 2 N–H and O–H groups in total. The van der Waals surface area contributed by atoms with Gasteiger partial charge in [-0.05, 0) is 50.2 Å². The lowest BCUT2D eigenvalue weighted by Gasteiger charge is -2.34. The molecule has 2 heterocycles. The van der Waals surface area contributed by atoms with E-state index in [1.807, 2.05) is 18.7 Å². The van der Waals surface area contributed by atoms with Crippen molar-refractivity contribution in [3.63, 3.8) is 0 Å². The van der Waals surface area contributed by atoms with Gasteiger partial charge in [-0.2, -0.15) is 0 Å². The number of carbonyl (C=O) groups excluding carboxylic acids is 3. The molecule has 1 aliphatic rings. The number of carbonyl (C=O) groups is 3. The number of H-pyrrole nitrogens is 1. The molecule has 192 valence electrons. The number of hydrogen-bond acceptors (Lipinski definition) is 4. The Balaban J connectivity index is 1.72. The molecule has 1 saturated heterocycles. The Labute approximate surface area is 207 Å². The maximum Gasteiger partial charge on any atom is 0.225 e. The summed E-state index contributed by atoms with van der Waals surface area (Å²) in [5.41, 5.74) is 0.796. The lowest BCUT2D eigenvalue weighted by atomic mass is 9.90. The maximum atomic E-state index is 14.1. The van der Waals surface area contributed by atoms with E-state index in [0.29, 0.717) is 30.7 Å². The number of nitrogens with zero attached hydrogens (tertiary/aromatic N) is 2. The van der Waals surface area contributed by atoms with Crippen molar-refractivity contribution in [1.29, 1.82) is 0 Å². The third-order valence-corrected chi connectivity index (χ3v) is 6.78. The third-order valence-electron chi connectivity index (χ3n) is 6.78. The predicted octanol–water partition coefficient (Wildman–Crippen LogP) is 4.87. The summed E-state index contributed by atoms with van der Waals surface area (Å²) in [6.45, 7) is 10.7. The van der Waals surface area contributed by atoms with Gasteiger partial charge in [-0.25, -0.2) is 9.37 Å². The van der Waals surface area contributed by atoms with E-state index in [9.17, 15) is 18.8 Å². The highest BCUT2D eigenvalue weighted by Gasteiger charge is 2.31. The zero-order chi connectivity index (χ0) is 25.8. The first-order valence-electron chi connectivity index (χ1n) is 12.7. The number of Topliss-reactive ketones (excluding diaryl/α,β-unsaturated/α-hetero) is 1. The first-order valence-corrected chi connectivity index (χ1v) is 12.7. The van der Waals surface area contributed by atoms with E-state index in [1.54, 1.807) is 12.1 Å². The van der Waals surface area contributed by atoms with Crippen molar-refractivity contribution >= 4 is 28.6 Å². The number of likely N-dealkylation sites (tertiary alicyclic amines) is 1. The molecule has 0 saturated carbocycles. The summed E-state index contributed by atoms with van der Waals surface area (Å²) in [4.78, 5) is 48.4. The van der Waals surface area contributed by atoms with Gasteiger partial charge in [-0.1, -0.05) is 33.8 Å². The molecule has 35 heavy (non-hydrogen) atoms. The fraction of sp³-hybridized carbons (Fsp3) is 0.630. The zero-order valence-electron chi connectivity index (χ0n) is 21.6. The number of rotatable bonds is 9. The number of nitrogens with one attached hydrogen (secondary N) is 2. The minimum absolute atomic E-state index is 0.0129. The van der Waals surface area contributed by atoms with Crippen LogP contribution in [0.2, 0.25) is 0 Å². The number of imidazole rings is 1. The number of halogens is 1. The molecule has 2 aromatic rings. The standard InChI is InChI=1S/C27H39FN4O3/c1-17(26-30-20-11-8-10-19(28)25(20)31-26)15-22(33)21(29-23(34)12-13-27(3,4)5)16-24(35)32-14-7-6-9-18(32)2/h8,10-11,17-18,21H,6-7,9,12-16H2,1-5H3,(H,29,34)(H,30,31)/t17-,18+,21+/m1/s1. The fourth-order valence-electron chi connectivity index (χ4n) is 4.55. The van der Waals surface area contributed by atoms with Crippen LogP contribution in [0.25, 0.3) is 11.0 Å². The van der Waals surface area contributed by atoms with Crippen molar-refractivity contribution < 1.29 is 18.8 Å². The van der Waals surface area contributed by atoms with Crippen molar-refractivity contribution in [1.82, 2.24) is 20.2 Å². The highest BCUT2D eigenvalue weighted by molar-refractivity contribution is 5.93. The number of hydrogen-bond donors (Lipinski definition) is 2. The second kappa shape index (κ2) is 11.3. The fourth-order valence-corrected chi connectivity index (χ4v) is 4.55. The molecule has 3 atom stereocenters. The van der Waals surface area contributed by atoms with Crippen LogP contribution in [-0.2, 0) is 14.4 Å². The average Bonchev–Trinajstić information content (AvgIpc) is 3.23. The monoisotopic (exact) mass is 486 g/mol. The van der Waals surface area contributed by atoms with Gasteiger partial charge in [0.1, 0.15) is 11.3 Å². The van der Waals surface area contributed by atoms with Gasteiger partial charge >= 0.3 is 0 Å². The highest BCUT2D eigenvalue weighted by Crippen LogP contribution is 2.24. The van der Waals surface area contributed by atoms with Crippen LogP contribution in [0, 0.1) is 11.2 Å². The summed E-state index contributed by atoms with van der Waals surface area (Å²) in [7, 11) is 0. The van der Waals surface area contributed by atoms with Crippen LogP contribution in [-0.4, -0.2) is 51.1 Å². The summed E-state index contributed by atoms with van der Waals surface area (Å²) in [5, 5.41) is 2.84. The van der Waals surface area contributed by atoms with Crippen LogP contribution in [0.4, 0.5) is 4.39 Å². The SMILES string of the molecule is C[C@H](CC(=O)[C@H](CC(=O)N1CCCC[C@@H]1C)NC(=O)CCC(C)(C)C)c1nc2c(F)cccc2[nH]1. The minimum Gasteiger partial charge on any atom is -0.346 e. The summed E-state index contributed by atoms with van der Waals surface area (Å²) >= 11 is 0. The van der Waals surface area contributed by atoms with Crippen LogP contribution in [0.5, 0.6) is 0 Å². The van der Waals surface area contributed by atoms with E-state index >= 15 is 0 Å². The van der Waals surface area contributed by atoms with Crippen molar-refractivity contribution in [2.24, 2.45) is 5.41 Å². The molecule has 0 spiro atoms. The van der Waals surface area contributed by atoms with Gasteiger partial charge in [0.05, 0.1) is 18.0 Å². The van der Waals surface area contributed by atoms with Crippen molar-refractivity contribution in [2.45, 2.75) is 97.6 Å². The molecular weight excluding hydrogens is 447 g/mol. The molecule has 1 aromatic heterocycles. The largest absolute Gasteiger partial charge is 0.346 e. The Morgan fingerprint density at radius 3 is 2.63 bits per heavy atom. The van der Waals surface area contributed by atoms with E-state index in [0.717, 1.165) is 19.3 Å². The Hall–Kier alpha value is -2.77. The van der Waals surface area contributed by atoms with Gasteiger partial charge in [0.15, 0.2) is 11.6 Å². The number of amides is 2. The maximum absolute atomic E-state index is 14.1. The Bertz CT molecular complexity index is 1060. The van der Waals surface area contributed by atoms with Crippen LogP contribution in [0.1, 0.15) is 91.3 Å². The minimum atomic E-state index is -0.896. The van der Waals surface area contributed by atoms with Gasteiger partial charge < -0.3 is 15.2 Å². The number of benzene rings is 1. The number of para-hydroxylation sites is 1. The van der Waals surface area contributed by atoms with E-state index in [-0.39, 0.29) is 53.3 Å². The van der Waals surface area contributed by atoms with Gasteiger partial charge in [0.25, 0.3) is 0 Å². The number of piperidine rings is 1. The topological polar surface area (TPSA) is 95.2 Å². The first-order chi connectivity index (χ1) is 16.4. The second-order valence-corrected chi connectivity index (χ2v) is 11.1. The lowest BCUT2D eigenvalue weighted by Crippen LogP contribution is -2.48. The molecule has 1 fully saturated rings. The van der Waals surface area contributed by atoms with E-state index in [2.05, 4.69) is 36.1 Å². The summed E-state index contributed by atoms with van der Waals surface area (Å²) in [6, 6.07) is 3.92. The van der Waals surface area contributed by atoms with E-state index < -0.39 is 11.9 Å². The van der Waals surface area contributed by atoms with Crippen molar-refractivity contribution in [3.05, 3.63) is 29.8 Å². The third kappa shape index (κ3) is 7.36. The van der Waals surface area contributed by atoms with Crippen molar-refractivity contribution in [2.75, 3.05) is 6.54 Å². The summed E-state index contributed by atoms with van der Waals surface area (Å²) in [5.74, 6) is -0.796. The number of fused-ring (bicyclic) bond motifs is 1. The molecule has 2 amide bonds. The summed E-state index contributed by atoms with van der Waals surface area (Å²) in [6.07, 6.45) is 3.98. The zero-order valence-corrected chi connectivity index (χ0v) is 21.6. The Kier molecular flexibility index (Phi) is 8.67. The van der Waals surface area contributed by atoms with Crippen LogP contribution in [0.15, 0.2) is 18.2 Å². The van der Waals surface area contributed by atoms with E-state index in [1.165, 1.54) is 6.07 Å². The van der Waals surface area contributed by atoms with E-state index in [4.69, 9.17) is 0 Å². The second-order valence-electron chi connectivity index (χ2n) is 11.1. The number of aromatic amines is 1. The lowest BCUT2D eigenvalue weighted by molar-refractivity contribution is -0.138. The van der Waals surface area contributed by atoms with Crippen LogP contribution in [0.3, 0.4) is 0 Å². The molecule has 0 aliphatic carbocycles. The van der Waals surface area contributed by atoms with Gasteiger partial charge in [0, 0.05) is 31.3 Å². The van der Waals surface area contributed by atoms with Crippen LogP contribution >= 0.6 is 0 Å². The average molecular weight is 487 g/mol. The Morgan fingerprint density at radius 2 is 1.97 bits per heavy atom. The normalized spacial score (nSPS) is 18.3. The highest BCUT2D eigenvalue weighted by atomic mass is 19.1. The number of ketones is 1. The first kappa shape index (κ1) is 26.8. The smallest absolute Gasteiger partial charge is 0.225 e. The summed E-state index contributed by atoms with van der Waals surface area (Å²) < 4.78 is 14.1. The molecule has 0 bridgehead atoms. The molecule has 1 aromatic carbocycles. The molecule has 7 nitrogen and oxygen atoms in total. The quantitative estimate of drug-likeness (QED) is 0.529. The van der Waals surface area contributed by atoms with Gasteiger partial charge in [-0.3, -0.25) is 14.4 Å². The van der Waals surface area contributed by atoms with Crippen LogP contribution < -0.4 is 5.32 Å². The van der Waals surface area contributed by atoms with Crippen molar-refractivity contribution in [3.8, 4) is 0 Å².